The summed E-state index contributed by atoms with van der Waals surface area (Å²) in [7, 11) is 0. The van der Waals surface area contributed by atoms with Crippen LogP contribution in [0.15, 0.2) is 42.5 Å². The molecule has 1 aliphatic rings. The SMILES string of the molecule is Cc1ccc(C2=[N+]([O-])c3cccc(C)c3C2=O)cc1. The van der Waals surface area contributed by atoms with Crippen LogP contribution < -0.4 is 0 Å². The molecule has 0 saturated carbocycles. The van der Waals surface area contributed by atoms with Crippen molar-refractivity contribution in [2.45, 2.75) is 13.8 Å². The molecule has 2 aromatic rings. The normalized spacial score (nSPS) is 13.9. The lowest BCUT2D eigenvalue weighted by Gasteiger charge is -2.02. The largest absolute Gasteiger partial charge is 0.618 e. The van der Waals surface area contributed by atoms with Crippen LogP contribution in [0.25, 0.3) is 0 Å². The molecule has 1 aliphatic heterocycles. The number of fused-ring (bicyclic) bond motifs is 1. The first-order valence-electron chi connectivity index (χ1n) is 6.15. The highest BCUT2D eigenvalue weighted by Crippen LogP contribution is 2.30. The van der Waals surface area contributed by atoms with Gasteiger partial charge in [-0.25, -0.2) is 0 Å². The molecule has 0 aromatic heterocycles. The molecule has 0 unspecified atom stereocenters. The number of Topliss-reactive ketones (excluding diaryl/α,β-unsaturated/α-hetero) is 1. The fourth-order valence-corrected chi connectivity index (χ4v) is 2.41. The number of carbonyl (C=O) groups is 1. The first kappa shape index (κ1) is 11.7. The minimum atomic E-state index is -0.188. The fraction of sp³-hybridized carbons (Fsp3) is 0.125. The van der Waals surface area contributed by atoms with Gasteiger partial charge in [0.05, 0.1) is 5.56 Å². The third-order valence-electron chi connectivity index (χ3n) is 3.44. The molecule has 0 amide bonds. The van der Waals surface area contributed by atoms with Gasteiger partial charge in [-0.2, -0.15) is 4.74 Å². The number of hydrogen-bond donors (Lipinski definition) is 0. The number of benzene rings is 2. The molecule has 19 heavy (non-hydrogen) atoms. The first-order chi connectivity index (χ1) is 9.09. The van der Waals surface area contributed by atoms with Gasteiger partial charge in [0.25, 0.3) is 11.5 Å². The van der Waals surface area contributed by atoms with Crippen LogP contribution in [-0.2, 0) is 0 Å². The summed E-state index contributed by atoms with van der Waals surface area (Å²) < 4.78 is 0.745. The van der Waals surface area contributed by atoms with Crippen molar-refractivity contribution in [1.82, 2.24) is 0 Å². The smallest absolute Gasteiger partial charge is 0.272 e. The summed E-state index contributed by atoms with van der Waals surface area (Å²) >= 11 is 0. The lowest BCUT2D eigenvalue weighted by molar-refractivity contribution is -0.355. The van der Waals surface area contributed by atoms with E-state index in [-0.39, 0.29) is 11.5 Å². The quantitative estimate of drug-likeness (QED) is 0.577. The van der Waals surface area contributed by atoms with Crippen LogP contribution in [0.5, 0.6) is 0 Å². The maximum absolute atomic E-state index is 12.4. The van der Waals surface area contributed by atoms with Crippen LogP contribution >= 0.6 is 0 Å². The molecule has 0 spiro atoms. The molecule has 0 N–H and O–H groups in total. The topological polar surface area (TPSA) is 43.1 Å². The Labute approximate surface area is 111 Å². The maximum Gasteiger partial charge on any atom is 0.272 e. The number of nitrogens with zero attached hydrogens (tertiary/aromatic N) is 1. The van der Waals surface area contributed by atoms with Gasteiger partial charge in [-0.3, -0.25) is 4.79 Å². The third-order valence-corrected chi connectivity index (χ3v) is 3.44. The van der Waals surface area contributed by atoms with E-state index in [9.17, 15) is 10.0 Å². The average Bonchev–Trinajstić information content (AvgIpc) is 2.65. The molecular weight excluding hydrogens is 238 g/mol. The molecule has 0 radical (unpaired) electrons. The molecule has 0 bridgehead atoms. The highest BCUT2D eigenvalue weighted by molar-refractivity contribution is 6.52. The van der Waals surface area contributed by atoms with Crippen molar-refractivity contribution < 1.29 is 9.53 Å². The second kappa shape index (κ2) is 4.05. The van der Waals surface area contributed by atoms with Gasteiger partial charge in [-0.15, -0.1) is 0 Å². The highest BCUT2D eigenvalue weighted by atomic mass is 16.5. The van der Waals surface area contributed by atoms with E-state index in [0.29, 0.717) is 16.8 Å². The Bertz CT molecular complexity index is 712. The van der Waals surface area contributed by atoms with Crippen LogP contribution in [0.2, 0.25) is 0 Å². The first-order valence-corrected chi connectivity index (χ1v) is 6.15. The van der Waals surface area contributed by atoms with E-state index in [0.717, 1.165) is 15.9 Å². The van der Waals surface area contributed by atoms with Crippen molar-refractivity contribution in [3.8, 4) is 0 Å². The molecule has 3 nitrogen and oxygen atoms in total. The zero-order chi connectivity index (χ0) is 13.6. The van der Waals surface area contributed by atoms with Gasteiger partial charge in [0.1, 0.15) is 5.56 Å². The number of rotatable bonds is 1. The highest BCUT2D eigenvalue weighted by Gasteiger charge is 2.37. The van der Waals surface area contributed by atoms with E-state index in [2.05, 4.69) is 0 Å². The Morgan fingerprint density at radius 2 is 1.68 bits per heavy atom. The van der Waals surface area contributed by atoms with Gasteiger partial charge in [0.2, 0.25) is 5.69 Å². The Balaban J connectivity index is 2.20. The molecule has 1 heterocycles. The second-order valence-corrected chi connectivity index (χ2v) is 4.81. The summed E-state index contributed by atoms with van der Waals surface area (Å²) in [5, 5.41) is 12.3. The monoisotopic (exact) mass is 251 g/mol. The molecule has 3 heteroatoms. The van der Waals surface area contributed by atoms with E-state index < -0.39 is 0 Å². The minimum Gasteiger partial charge on any atom is -0.618 e. The van der Waals surface area contributed by atoms with E-state index in [1.54, 1.807) is 12.1 Å². The lowest BCUT2D eigenvalue weighted by Crippen LogP contribution is -2.16. The number of aryl methyl sites for hydroxylation is 2. The van der Waals surface area contributed by atoms with Crippen molar-refractivity contribution in [2.75, 3.05) is 0 Å². The second-order valence-electron chi connectivity index (χ2n) is 4.81. The molecule has 2 aromatic carbocycles. The molecule has 0 fully saturated rings. The summed E-state index contributed by atoms with van der Waals surface area (Å²) in [6, 6.07) is 12.8. The standard InChI is InChI=1S/C16H13NO2/c1-10-6-8-12(9-7-10)15-16(18)14-11(2)4-3-5-13(14)17(15)19/h3-9H,1-2H3. The Morgan fingerprint density at radius 3 is 2.32 bits per heavy atom. The van der Waals surface area contributed by atoms with Crippen molar-refractivity contribution >= 4 is 17.2 Å². The van der Waals surface area contributed by atoms with Gasteiger partial charge < -0.3 is 5.21 Å². The van der Waals surface area contributed by atoms with Crippen LogP contribution in [0.3, 0.4) is 0 Å². The molecule has 3 rings (SSSR count). The van der Waals surface area contributed by atoms with Gasteiger partial charge in [-0.05, 0) is 31.5 Å². The van der Waals surface area contributed by atoms with Gasteiger partial charge in [0.15, 0.2) is 0 Å². The van der Waals surface area contributed by atoms with Gasteiger partial charge in [0, 0.05) is 6.07 Å². The Hall–Kier alpha value is -2.42. The molecule has 0 atom stereocenters. The van der Waals surface area contributed by atoms with Gasteiger partial charge >= 0.3 is 0 Å². The fourth-order valence-electron chi connectivity index (χ4n) is 2.41. The van der Waals surface area contributed by atoms with E-state index >= 15 is 0 Å². The van der Waals surface area contributed by atoms with Crippen molar-refractivity contribution in [3.63, 3.8) is 0 Å². The Kier molecular flexibility index (Phi) is 2.49. The molecule has 94 valence electrons. The molecule has 0 aliphatic carbocycles. The van der Waals surface area contributed by atoms with Crippen molar-refractivity contribution in [1.29, 1.82) is 0 Å². The van der Waals surface area contributed by atoms with Gasteiger partial charge in [-0.1, -0.05) is 29.8 Å². The lowest BCUT2D eigenvalue weighted by atomic mass is 9.99. The number of hydrogen-bond acceptors (Lipinski definition) is 2. The number of ketones is 1. The number of carbonyl (C=O) groups excluding carboxylic acids is 1. The molecule has 0 saturated heterocycles. The van der Waals surface area contributed by atoms with Crippen molar-refractivity contribution in [3.05, 3.63) is 69.9 Å². The van der Waals surface area contributed by atoms with E-state index in [1.807, 2.05) is 44.2 Å². The zero-order valence-electron chi connectivity index (χ0n) is 10.8. The summed E-state index contributed by atoms with van der Waals surface area (Å²) in [5.74, 6) is -0.188. The van der Waals surface area contributed by atoms with E-state index in [4.69, 9.17) is 0 Å². The van der Waals surface area contributed by atoms with Crippen molar-refractivity contribution in [2.24, 2.45) is 0 Å². The third kappa shape index (κ3) is 1.66. The summed E-state index contributed by atoms with van der Waals surface area (Å²) in [6.45, 7) is 3.82. The zero-order valence-corrected chi connectivity index (χ0v) is 10.8. The predicted octanol–water partition coefficient (Wildman–Crippen LogP) is 3.13. The molecular formula is C16H13NO2. The predicted molar refractivity (Wildman–Crippen MR) is 74.1 cm³/mol. The Morgan fingerprint density at radius 1 is 1.00 bits per heavy atom. The summed E-state index contributed by atoms with van der Waals surface area (Å²) in [5.41, 5.74) is 3.78. The van der Waals surface area contributed by atoms with E-state index in [1.165, 1.54) is 0 Å². The van der Waals surface area contributed by atoms with Crippen LogP contribution in [0, 0.1) is 19.1 Å². The van der Waals surface area contributed by atoms with Crippen LogP contribution in [0.4, 0.5) is 5.69 Å². The maximum atomic E-state index is 12.4. The minimum absolute atomic E-state index is 0.188. The summed E-state index contributed by atoms with van der Waals surface area (Å²) in [6.07, 6.45) is 0. The van der Waals surface area contributed by atoms with Crippen LogP contribution in [0.1, 0.15) is 27.0 Å². The van der Waals surface area contributed by atoms with Crippen LogP contribution in [-0.4, -0.2) is 16.2 Å². The summed E-state index contributed by atoms with van der Waals surface area (Å²) in [4.78, 5) is 12.4. The average molecular weight is 251 g/mol.